The molecule has 1 aromatic heterocycles. The predicted molar refractivity (Wildman–Crippen MR) is 126 cm³/mol. The maximum atomic E-state index is 13.5. The molecule has 4 nitrogen and oxygen atoms in total. The van der Waals surface area contributed by atoms with Crippen molar-refractivity contribution in [3.05, 3.63) is 81.5 Å². The highest BCUT2D eigenvalue weighted by atomic mass is 32.1. The van der Waals surface area contributed by atoms with Gasteiger partial charge in [-0.2, -0.15) is 0 Å². The number of thiophene rings is 1. The maximum Gasteiger partial charge on any atom is 0.229 e. The highest BCUT2D eigenvalue weighted by Gasteiger charge is 2.42. The van der Waals surface area contributed by atoms with Crippen LogP contribution in [0.4, 0.5) is 11.4 Å². The Labute approximate surface area is 186 Å². The van der Waals surface area contributed by atoms with E-state index in [4.69, 9.17) is 0 Å². The van der Waals surface area contributed by atoms with E-state index < -0.39 is 0 Å². The fraction of sp³-hybridized carbons (Fsp3) is 0.308. The number of carbonyl (C=O) groups excluding carboxylic acids is 2. The van der Waals surface area contributed by atoms with Gasteiger partial charge in [0.05, 0.1) is 12.0 Å². The molecule has 3 aromatic rings. The van der Waals surface area contributed by atoms with Crippen LogP contribution in [0.5, 0.6) is 0 Å². The van der Waals surface area contributed by atoms with Crippen molar-refractivity contribution in [2.75, 3.05) is 10.2 Å². The summed E-state index contributed by atoms with van der Waals surface area (Å²) in [6, 6.07) is 18.0. The summed E-state index contributed by atoms with van der Waals surface area (Å²) in [5.74, 6) is -0.240. The van der Waals surface area contributed by atoms with E-state index in [1.165, 1.54) is 17.5 Å². The Morgan fingerprint density at radius 1 is 1.03 bits per heavy atom. The number of benzene rings is 2. The third-order valence-electron chi connectivity index (χ3n) is 6.45. The van der Waals surface area contributed by atoms with Crippen LogP contribution in [0.2, 0.25) is 0 Å². The first-order valence-electron chi connectivity index (χ1n) is 10.9. The van der Waals surface area contributed by atoms with Crippen LogP contribution in [-0.2, 0) is 22.4 Å². The molecule has 0 radical (unpaired) electrons. The first-order chi connectivity index (χ1) is 15.1. The standard InChI is InChI=1S/C26H26N2O2S/c1-17-7-11-21(12-8-17)28-24(29)14-13-22(25(28)23-6-3-15-31-23)26(30)27-20-10-9-18-4-2-5-19(18)16-20/h3,6-12,15-16,22,25H,2,4-5,13-14H2,1H3,(H,27,30)/t22-,25+/m0/s1. The maximum absolute atomic E-state index is 13.5. The van der Waals surface area contributed by atoms with Gasteiger partial charge in [0.15, 0.2) is 0 Å². The molecule has 0 unspecified atom stereocenters. The highest BCUT2D eigenvalue weighted by molar-refractivity contribution is 7.10. The quantitative estimate of drug-likeness (QED) is 0.580. The number of anilines is 2. The van der Waals surface area contributed by atoms with Crippen molar-refractivity contribution in [1.29, 1.82) is 0 Å². The number of aryl methyl sites for hydroxylation is 3. The molecular weight excluding hydrogens is 404 g/mol. The summed E-state index contributed by atoms with van der Waals surface area (Å²) >= 11 is 1.60. The normalized spacial score (nSPS) is 20.5. The van der Waals surface area contributed by atoms with E-state index >= 15 is 0 Å². The molecule has 0 bridgehead atoms. The number of piperidine rings is 1. The van der Waals surface area contributed by atoms with E-state index in [2.05, 4.69) is 17.4 Å². The van der Waals surface area contributed by atoms with Crippen molar-refractivity contribution in [1.82, 2.24) is 0 Å². The molecule has 5 heteroatoms. The van der Waals surface area contributed by atoms with Crippen LogP contribution in [0.25, 0.3) is 0 Å². The number of fused-ring (bicyclic) bond motifs is 1. The van der Waals surface area contributed by atoms with Gasteiger partial charge in [-0.15, -0.1) is 11.3 Å². The molecule has 2 heterocycles. The third kappa shape index (κ3) is 3.90. The van der Waals surface area contributed by atoms with Crippen LogP contribution in [0.3, 0.4) is 0 Å². The van der Waals surface area contributed by atoms with Crippen LogP contribution < -0.4 is 10.2 Å². The van der Waals surface area contributed by atoms with E-state index in [-0.39, 0.29) is 23.8 Å². The van der Waals surface area contributed by atoms with Crippen LogP contribution in [-0.4, -0.2) is 11.8 Å². The number of nitrogens with zero attached hydrogens (tertiary/aromatic N) is 1. The molecule has 2 atom stereocenters. The van der Waals surface area contributed by atoms with E-state index in [0.717, 1.165) is 34.7 Å². The van der Waals surface area contributed by atoms with Crippen molar-refractivity contribution < 1.29 is 9.59 Å². The lowest BCUT2D eigenvalue weighted by Crippen LogP contribution is -2.46. The smallest absolute Gasteiger partial charge is 0.229 e. The molecule has 1 saturated heterocycles. The minimum absolute atomic E-state index is 0.0130. The molecule has 31 heavy (non-hydrogen) atoms. The largest absolute Gasteiger partial charge is 0.326 e. The molecule has 0 saturated carbocycles. The second kappa shape index (κ2) is 8.31. The predicted octanol–water partition coefficient (Wildman–Crippen LogP) is 5.67. The molecular formula is C26H26N2O2S. The van der Waals surface area contributed by atoms with Gasteiger partial charge in [0.25, 0.3) is 0 Å². The zero-order valence-electron chi connectivity index (χ0n) is 17.6. The molecule has 2 amide bonds. The summed E-state index contributed by atoms with van der Waals surface area (Å²) < 4.78 is 0. The van der Waals surface area contributed by atoms with Gasteiger partial charge < -0.3 is 10.2 Å². The first kappa shape index (κ1) is 20.0. The van der Waals surface area contributed by atoms with Crippen LogP contribution in [0.15, 0.2) is 60.0 Å². The van der Waals surface area contributed by atoms with Crippen molar-refractivity contribution in [2.45, 2.75) is 45.1 Å². The summed E-state index contributed by atoms with van der Waals surface area (Å²) in [4.78, 5) is 29.4. The summed E-state index contributed by atoms with van der Waals surface area (Å²) in [7, 11) is 0. The monoisotopic (exact) mass is 430 g/mol. The van der Waals surface area contributed by atoms with Gasteiger partial charge in [-0.25, -0.2) is 0 Å². The molecule has 2 aliphatic rings. The van der Waals surface area contributed by atoms with Gasteiger partial charge in [-0.05, 0) is 79.4 Å². The van der Waals surface area contributed by atoms with Gasteiger partial charge in [-0.3, -0.25) is 9.59 Å². The van der Waals surface area contributed by atoms with E-state index in [1.807, 2.05) is 59.7 Å². The molecule has 1 fully saturated rings. The third-order valence-corrected chi connectivity index (χ3v) is 7.39. The summed E-state index contributed by atoms with van der Waals surface area (Å²) in [6.45, 7) is 2.03. The van der Waals surface area contributed by atoms with Crippen molar-refractivity contribution in [3.8, 4) is 0 Å². The zero-order chi connectivity index (χ0) is 21.4. The summed E-state index contributed by atoms with van der Waals surface area (Å²) in [6.07, 6.45) is 4.32. The van der Waals surface area contributed by atoms with Crippen LogP contribution in [0.1, 0.15) is 46.9 Å². The number of hydrogen-bond donors (Lipinski definition) is 1. The summed E-state index contributed by atoms with van der Waals surface area (Å²) in [5.41, 5.74) is 5.58. The second-order valence-corrected chi connectivity index (χ2v) is 9.51. The SMILES string of the molecule is Cc1ccc(N2C(=O)CC[C@H](C(=O)Nc3ccc4c(c3)CCC4)[C@@H]2c2cccs2)cc1. The number of carbonyl (C=O) groups is 2. The lowest BCUT2D eigenvalue weighted by molar-refractivity contribution is -0.125. The van der Waals surface area contributed by atoms with Crippen molar-refractivity contribution >= 4 is 34.5 Å². The van der Waals surface area contributed by atoms with Crippen LogP contribution in [0, 0.1) is 12.8 Å². The lowest BCUT2D eigenvalue weighted by Gasteiger charge is -2.40. The Kier molecular flexibility index (Phi) is 5.36. The topological polar surface area (TPSA) is 49.4 Å². The fourth-order valence-electron chi connectivity index (χ4n) is 4.85. The van der Waals surface area contributed by atoms with E-state index in [9.17, 15) is 9.59 Å². The molecule has 1 N–H and O–H groups in total. The minimum atomic E-state index is -0.300. The number of hydrogen-bond acceptors (Lipinski definition) is 3. The number of rotatable bonds is 4. The summed E-state index contributed by atoms with van der Waals surface area (Å²) in [5, 5.41) is 5.17. The fourth-order valence-corrected chi connectivity index (χ4v) is 5.73. The molecule has 5 rings (SSSR count). The molecule has 2 aromatic carbocycles. The van der Waals surface area contributed by atoms with Gasteiger partial charge in [0, 0.05) is 22.7 Å². The Morgan fingerprint density at radius 3 is 2.61 bits per heavy atom. The van der Waals surface area contributed by atoms with Gasteiger partial charge in [0.2, 0.25) is 11.8 Å². The Bertz CT molecular complexity index is 1100. The number of nitrogens with one attached hydrogen (secondary N) is 1. The Balaban J connectivity index is 1.47. The molecule has 158 valence electrons. The average Bonchev–Trinajstić information content (AvgIpc) is 3.46. The Morgan fingerprint density at radius 2 is 1.84 bits per heavy atom. The van der Waals surface area contributed by atoms with Crippen LogP contribution >= 0.6 is 11.3 Å². The minimum Gasteiger partial charge on any atom is -0.326 e. The van der Waals surface area contributed by atoms with Gasteiger partial charge in [-0.1, -0.05) is 29.8 Å². The lowest BCUT2D eigenvalue weighted by atomic mass is 9.86. The highest BCUT2D eigenvalue weighted by Crippen LogP contribution is 2.42. The second-order valence-electron chi connectivity index (χ2n) is 8.53. The van der Waals surface area contributed by atoms with E-state index in [0.29, 0.717) is 12.8 Å². The molecule has 0 spiro atoms. The van der Waals surface area contributed by atoms with Crippen molar-refractivity contribution in [3.63, 3.8) is 0 Å². The molecule has 1 aliphatic carbocycles. The molecule has 1 aliphatic heterocycles. The van der Waals surface area contributed by atoms with Crippen molar-refractivity contribution in [2.24, 2.45) is 5.92 Å². The van der Waals surface area contributed by atoms with Gasteiger partial charge in [0.1, 0.15) is 0 Å². The van der Waals surface area contributed by atoms with Gasteiger partial charge >= 0.3 is 0 Å². The zero-order valence-corrected chi connectivity index (χ0v) is 18.5. The number of amides is 2. The average molecular weight is 431 g/mol. The Hall–Kier alpha value is -2.92. The first-order valence-corrected chi connectivity index (χ1v) is 11.8. The van der Waals surface area contributed by atoms with E-state index in [1.54, 1.807) is 11.3 Å².